The minimum Gasteiger partial charge on any atom is -0.481 e. The molecule has 0 bridgehead atoms. The molecule has 0 atom stereocenters. The van der Waals surface area contributed by atoms with E-state index in [0.29, 0.717) is 12.5 Å². The molecule has 0 radical (unpaired) electrons. The number of amides is 2. The molecule has 120 valence electrons. The van der Waals surface area contributed by atoms with Gasteiger partial charge in [-0.25, -0.2) is 4.79 Å². The van der Waals surface area contributed by atoms with E-state index in [1.54, 1.807) is 0 Å². The van der Waals surface area contributed by atoms with Gasteiger partial charge in [-0.2, -0.15) is 0 Å². The summed E-state index contributed by atoms with van der Waals surface area (Å²) in [6.07, 6.45) is 10.3. The lowest BCUT2D eigenvalue weighted by Gasteiger charge is -2.36. The summed E-state index contributed by atoms with van der Waals surface area (Å²) in [5.41, 5.74) is -0.241. The van der Waals surface area contributed by atoms with Gasteiger partial charge in [-0.1, -0.05) is 32.1 Å². The Balaban J connectivity index is 1.74. The molecule has 0 spiro atoms. The topological polar surface area (TPSA) is 78.4 Å². The number of carboxylic acid groups (broad SMARTS) is 1. The molecule has 2 amide bonds. The van der Waals surface area contributed by atoms with Crippen molar-refractivity contribution in [1.82, 2.24) is 10.6 Å². The highest BCUT2D eigenvalue weighted by molar-refractivity contribution is 5.74. The van der Waals surface area contributed by atoms with Crippen molar-refractivity contribution in [3.05, 3.63) is 0 Å². The molecule has 2 aliphatic rings. The van der Waals surface area contributed by atoms with Crippen LogP contribution in [0.25, 0.3) is 0 Å². The van der Waals surface area contributed by atoms with Crippen LogP contribution in [0.1, 0.15) is 64.2 Å². The first kappa shape index (κ1) is 16.1. The fourth-order valence-electron chi connectivity index (χ4n) is 3.82. The predicted molar refractivity (Wildman–Crippen MR) is 81.1 cm³/mol. The predicted octanol–water partition coefficient (Wildman–Crippen LogP) is 2.90. The number of nitrogens with one attached hydrogen (secondary N) is 2. The molecule has 2 fully saturated rings. The second-order valence-electron chi connectivity index (χ2n) is 6.85. The first-order valence-electron chi connectivity index (χ1n) is 8.33. The Kier molecular flexibility index (Phi) is 5.88. The van der Waals surface area contributed by atoms with Gasteiger partial charge in [0.1, 0.15) is 0 Å². The number of carbonyl (C=O) groups is 2. The first-order valence-corrected chi connectivity index (χ1v) is 8.33. The third kappa shape index (κ3) is 5.21. The lowest BCUT2D eigenvalue weighted by atomic mass is 9.72. The lowest BCUT2D eigenvalue weighted by Crippen LogP contribution is -2.45. The fraction of sp³-hybridized carbons (Fsp3) is 0.875. The van der Waals surface area contributed by atoms with Crippen molar-refractivity contribution in [3.63, 3.8) is 0 Å². The number of hydrogen-bond donors (Lipinski definition) is 3. The molecule has 2 aliphatic carbocycles. The lowest BCUT2D eigenvalue weighted by molar-refractivity contribution is -0.140. The Hall–Kier alpha value is -1.26. The highest BCUT2D eigenvalue weighted by atomic mass is 16.4. The Morgan fingerprint density at radius 3 is 2.29 bits per heavy atom. The summed E-state index contributed by atoms with van der Waals surface area (Å²) in [7, 11) is 0. The molecule has 2 saturated carbocycles. The van der Waals surface area contributed by atoms with Gasteiger partial charge in [-0.05, 0) is 37.0 Å². The van der Waals surface area contributed by atoms with E-state index < -0.39 is 5.97 Å². The molecule has 0 saturated heterocycles. The number of carbonyl (C=O) groups excluding carboxylic acids is 1. The Bertz CT molecular complexity index is 359. The Labute approximate surface area is 126 Å². The van der Waals surface area contributed by atoms with Gasteiger partial charge in [-0.15, -0.1) is 0 Å². The third-order valence-electron chi connectivity index (χ3n) is 5.09. The second kappa shape index (κ2) is 7.66. The molecule has 5 nitrogen and oxygen atoms in total. The van der Waals surface area contributed by atoms with E-state index in [-0.39, 0.29) is 17.9 Å². The van der Waals surface area contributed by atoms with Gasteiger partial charge >= 0.3 is 12.0 Å². The summed E-state index contributed by atoms with van der Waals surface area (Å²) in [4.78, 5) is 23.0. The molecule has 0 heterocycles. The first-order chi connectivity index (χ1) is 10.1. The van der Waals surface area contributed by atoms with Crippen molar-refractivity contribution in [2.45, 2.75) is 64.2 Å². The third-order valence-corrected chi connectivity index (χ3v) is 5.09. The maximum Gasteiger partial charge on any atom is 0.314 e. The molecule has 0 aromatic carbocycles. The van der Waals surface area contributed by atoms with E-state index in [2.05, 4.69) is 10.6 Å². The molecular formula is C16H28N2O3. The molecule has 0 aromatic rings. The smallest absolute Gasteiger partial charge is 0.314 e. The molecule has 0 unspecified atom stereocenters. The minimum atomic E-state index is -0.759. The SMILES string of the molecule is O=C(O)CC1(CNC(=O)NCC2CCCC2)CCCCC1. The summed E-state index contributed by atoms with van der Waals surface area (Å²) >= 11 is 0. The van der Waals surface area contributed by atoms with E-state index in [4.69, 9.17) is 5.11 Å². The number of aliphatic carboxylic acids is 1. The van der Waals surface area contributed by atoms with Crippen LogP contribution < -0.4 is 10.6 Å². The molecule has 0 aromatic heterocycles. The monoisotopic (exact) mass is 296 g/mol. The summed E-state index contributed by atoms with van der Waals surface area (Å²) in [5.74, 6) is -0.136. The van der Waals surface area contributed by atoms with Crippen LogP contribution in [0.2, 0.25) is 0 Å². The highest BCUT2D eigenvalue weighted by Gasteiger charge is 2.34. The van der Waals surface area contributed by atoms with Crippen LogP contribution in [-0.2, 0) is 4.79 Å². The number of rotatable bonds is 6. The minimum absolute atomic E-state index is 0.141. The Morgan fingerprint density at radius 2 is 1.67 bits per heavy atom. The fourth-order valence-corrected chi connectivity index (χ4v) is 3.82. The molecule has 0 aliphatic heterocycles. The van der Waals surface area contributed by atoms with Gasteiger partial charge in [0, 0.05) is 13.1 Å². The van der Waals surface area contributed by atoms with Gasteiger partial charge in [0.15, 0.2) is 0 Å². The van der Waals surface area contributed by atoms with Crippen LogP contribution in [0.15, 0.2) is 0 Å². The van der Waals surface area contributed by atoms with Crippen molar-refractivity contribution in [3.8, 4) is 0 Å². The molecule has 21 heavy (non-hydrogen) atoms. The van der Waals surface area contributed by atoms with E-state index >= 15 is 0 Å². The molecule has 3 N–H and O–H groups in total. The van der Waals surface area contributed by atoms with Crippen molar-refractivity contribution in [2.75, 3.05) is 13.1 Å². The summed E-state index contributed by atoms with van der Waals surface area (Å²) in [6.45, 7) is 1.23. The largest absolute Gasteiger partial charge is 0.481 e. The van der Waals surface area contributed by atoms with E-state index in [1.165, 1.54) is 32.1 Å². The quantitative estimate of drug-likeness (QED) is 0.705. The number of carboxylic acids is 1. The van der Waals surface area contributed by atoms with E-state index in [9.17, 15) is 9.59 Å². The zero-order valence-electron chi connectivity index (χ0n) is 12.8. The standard InChI is InChI=1S/C16H28N2O3/c19-14(20)10-16(8-4-1-5-9-16)12-18-15(21)17-11-13-6-2-3-7-13/h13H,1-12H2,(H,19,20)(H2,17,18,21). The van der Waals surface area contributed by atoms with Crippen molar-refractivity contribution in [2.24, 2.45) is 11.3 Å². The van der Waals surface area contributed by atoms with Gasteiger partial charge in [0.2, 0.25) is 0 Å². The maximum absolute atomic E-state index is 11.9. The van der Waals surface area contributed by atoms with Crippen LogP contribution in [0.5, 0.6) is 0 Å². The summed E-state index contributed by atoms with van der Waals surface area (Å²) in [5, 5.41) is 15.0. The average molecular weight is 296 g/mol. The number of hydrogen-bond acceptors (Lipinski definition) is 2. The average Bonchev–Trinajstić information content (AvgIpc) is 2.96. The molecule has 2 rings (SSSR count). The zero-order valence-corrected chi connectivity index (χ0v) is 12.8. The summed E-state index contributed by atoms with van der Waals surface area (Å²) in [6, 6.07) is -0.141. The molecular weight excluding hydrogens is 268 g/mol. The van der Waals surface area contributed by atoms with E-state index in [0.717, 1.165) is 32.2 Å². The summed E-state index contributed by atoms with van der Waals surface area (Å²) < 4.78 is 0. The zero-order chi connectivity index (χ0) is 15.1. The normalized spacial score (nSPS) is 21.9. The van der Waals surface area contributed by atoms with Gasteiger partial charge in [-0.3, -0.25) is 4.79 Å². The van der Waals surface area contributed by atoms with Crippen molar-refractivity contribution < 1.29 is 14.7 Å². The van der Waals surface area contributed by atoms with E-state index in [1.807, 2.05) is 0 Å². The van der Waals surface area contributed by atoms with Crippen LogP contribution >= 0.6 is 0 Å². The Morgan fingerprint density at radius 1 is 1.00 bits per heavy atom. The maximum atomic E-state index is 11.9. The van der Waals surface area contributed by atoms with Gasteiger partial charge in [0.05, 0.1) is 6.42 Å². The van der Waals surface area contributed by atoms with Crippen molar-refractivity contribution >= 4 is 12.0 Å². The van der Waals surface area contributed by atoms with Crippen LogP contribution in [0.4, 0.5) is 4.79 Å². The van der Waals surface area contributed by atoms with Gasteiger partial charge in [0.25, 0.3) is 0 Å². The second-order valence-corrected chi connectivity index (χ2v) is 6.85. The van der Waals surface area contributed by atoms with Gasteiger partial charge < -0.3 is 15.7 Å². The van der Waals surface area contributed by atoms with Crippen LogP contribution in [0.3, 0.4) is 0 Å². The van der Waals surface area contributed by atoms with Crippen LogP contribution in [0, 0.1) is 11.3 Å². The van der Waals surface area contributed by atoms with Crippen molar-refractivity contribution in [1.29, 1.82) is 0 Å². The number of urea groups is 1. The van der Waals surface area contributed by atoms with Crippen LogP contribution in [-0.4, -0.2) is 30.2 Å². The molecule has 5 heteroatoms. The highest BCUT2D eigenvalue weighted by Crippen LogP contribution is 2.38.